The minimum atomic E-state index is -0.0542. The third-order valence-corrected chi connectivity index (χ3v) is 3.99. The molecule has 1 aromatic carbocycles. The van der Waals surface area contributed by atoms with Crippen molar-refractivity contribution in [2.75, 3.05) is 38.0 Å². The Labute approximate surface area is 157 Å². The molecule has 26 heavy (non-hydrogen) atoms. The van der Waals surface area contributed by atoms with Gasteiger partial charge in [0.2, 0.25) is 11.8 Å². The molecule has 0 atom stereocenters. The van der Waals surface area contributed by atoms with Crippen molar-refractivity contribution in [3.63, 3.8) is 0 Å². The molecule has 0 aliphatic rings. The number of carbonyl (C=O) groups is 2. The molecular formula is C20H33N3O3. The monoisotopic (exact) mass is 363 g/mol. The lowest BCUT2D eigenvalue weighted by molar-refractivity contribution is -0.137. The summed E-state index contributed by atoms with van der Waals surface area (Å²) in [5.41, 5.74) is 2.75. The van der Waals surface area contributed by atoms with Crippen molar-refractivity contribution in [3.05, 3.63) is 23.8 Å². The van der Waals surface area contributed by atoms with Crippen LogP contribution in [0.15, 0.2) is 18.2 Å². The molecule has 6 nitrogen and oxygen atoms in total. The summed E-state index contributed by atoms with van der Waals surface area (Å²) in [6.07, 6.45) is 0.481. The van der Waals surface area contributed by atoms with Crippen LogP contribution in [-0.4, -0.2) is 50.6 Å². The number of methoxy groups -OCH3 is 1. The molecule has 1 N–H and O–H groups in total. The second-order valence-electron chi connectivity index (χ2n) is 7.43. The summed E-state index contributed by atoms with van der Waals surface area (Å²) in [5.74, 6) is 0.250. The highest BCUT2D eigenvalue weighted by atomic mass is 16.5. The number of anilines is 2. The summed E-state index contributed by atoms with van der Waals surface area (Å²) in [6, 6.07) is 5.86. The fourth-order valence-corrected chi connectivity index (χ4v) is 2.76. The molecule has 0 radical (unpaired) electrons. The minimum Gasteiger partial charge on any atom is -0.377 e. The Morgan fingerprint density at radius 3 is 2.31 bits per heavy atom. The van der Waals surface area contributed by atoms with Crippen LogP contribution in [0.5, 0.6) is 0 Å². The third kappa shape index (κ3) is 6.67. The smallest absolute Gasteiger partial charge is 0.249 e. The van der Waals surface area contributed by atoms with Gasteiger partial charge in [-0.25, -0.2) is 0 Å². The highest BCUT2D eigenvalue weighted by Crippen LogP contribution is 2.25. The summed E-state index contributed by atoms with van der Waals surface area (Å²) >= 11 is 0. The van der Waals surface area contributed by atoms with E-state index < -0.39 is 0 Å². The summed E-state index contributed by atoms with van der Waals surface area (Å²) < 4.78 is 5.00. The number of carbonyl (C=O) groups excluding carboxylic acids is 2. The standard InChI is InChI=1S/C20H33N3O3/c1-14(2)10-19(24)21-17-8-9-18(22(5)6)16(11-17)12-23(15(3)4)20(25)13-26-7/h8-9,11,14-15H,10,12-13H2,1-7H3,(H,21,24). The molecule has 0 aromatic heterocycles. The van der Waals surface area contributed by atoms with E-state index in [0.717, 1.165) is 16.9 Å². The predicted octanol–water partition coefficient (Wildman–Crippen LogP) is 3.12. The van der Waals surface area contributed by atoms with Crippen molar-refractivity contribution in [2.45, 2.75) is 46.7 Å². The SMILES string of the molecule is COCC(=O)N(Cc1cc(NC(=O)CC(C)C)ccc1N(C)C)C(C)C. The second-order valence-corrected chi connectivity index (χ2v) is 7.43. The Balaban J connectivity index is 3.10. The largest absolute Gasteiger partial charge is 0.377 e. The first-order valence-electron chi connectivity index (χ1n) is 9.04. The quantitative estimate of drug-likeness (QED) is 0.732. The van der Waals surface area contributed by atoms with Gasteiger partial charge in [0.15, 0.2) is 0 Å². The zero-order valence-corrected chi connectivity index (χ0v) is 17.1. The Bertz CT molecular complexity index is 612. The Morgan fingerprint density at radius 2 is 1.81 bits per heavy atom. The number of benzene rings is 1. The van der Waals surface area contributed by atoms with Crippen molar-refractivity contribution in [1.29, 1.82) is 0 Å². The fraction of sp³-hybridized carbons (Fsp3) is 0.600. The number of hydrogen-bond donors (Lipinski definition) is 1. The van der Waals surface area contributed by atoms with Crippen LogP contribution in [0.2, 0.25) is 0 Å². The van der Waals surface area contributed by atoms with Gasteiger partial charge in [-0.05, 0) is 43.5 Å². The number of ether oxygens (including phenoxy) is 1. The topological polar surface area (TPSA) is 61.9 Å². The van der Waals surface area contributed by atoms with Gasteiger partial charge in [0, 0.05) is 51.6 Å². The summed E-state index contributed by atoms with van der Waals surface area (Å²) in [6.45, 7) is 8.51. The predicted molar refractivity (Wildman–Crippen MR) is 106 cm³/mol. The maximum atomic E-state index is 12.4. The summed E-state index contributed by atoms with van der Waals surface area (Å²) in [4.78, 5) is 28.2. The summed E-state index contributed by atoms with van der Waals surface area (Å²) in [7, 11) is 5.45. The van der Waals surface area contributed by atoms with Gasteiger partial charge in [0.1, 0.15) is 6.61 Å². The molecule has 0 heterocycles. The van der Waals surface area contributed by atoms with E-state index >= 15 is 0 Å². The van der Waals surface area contributed by atoms with Gasteiger partial charge < -0.3 is 19.9 Å². The van der Waals surface area contributed by atoms with Crippen LogP contribution >= 0.6 is 0 Å². The highest BCUT2D eigenvalue weighted by molar-refractivity contribution is 5.91. The van der Waals surface area contributed by atoms with Crippen LogP contribution in [0.4, 0.5) is 11.4 Å². The van der Waals surface area contributed by atoms with Crippen molar-refractivity contribution in [3.8, 4) is 0 Å². The molecule has 2 amide bonds. The molecule has 0 aliphatic heterocycles. The van der Waals surface area contributed by atoms with Crippen LogP contribution in [0.25, 0.3) is 0 Å². The number of nitrogens with zero attached hydrogens (tertiary/aromatic N) is 2. The van der Waals surface area contributed by atoms with Crippen molar-refractivity contribution in [2.24, 2.45) is 5.92 Å². The van der Waals surface area contributed by atoms with Crippen LogP contribution in [-0.2, 0) is 20.9 Å². The number of hydrogen-bond acceptors (Lipinski definition) is 4. The van der Waals surface area contributed by atoms with Crippen molar-refractivity contribution >= 4 is 23.2 Å². The average molecular weight is 364 g/mol. The highest BCUT2D eigenvalue weighted by Gasteiger charge is 2.19. The number of rotatable bonds is 9. The van der Waals surface area contributed by atoms with Crippen molar-refractivity contribution < 1.29 is 14.3 Å². The summed E-state index contributed by atoms with van der Waals surface area (Å²) in [5, 5.41) is 2.95. The van der Waals surface area contributed by atoms with Crippen molar-refractivity contribution in [1.82, 2.24) is 4.90 Å². The molecule has 0 saturated carbocycles. The van der Waals surface area contributed by atoms with Gasteiger partial charge in [0.05, 0.1) is 0 Å². The van der Waals surface area contributed by atoms with E-state index in [1.54, 1.807) is 4.90 Å². The van der Waals surface area contributed by atoms with E-state index in [-0.39, 0.29) is 24.5 Å². The number of amides is 2. The van der Waals surface area contributed by atoms with E-state index in [9.17, 15) is 9.59 Å². The van der Waals surface area contributed by atoms with Crippen LogP contribution in [0, 0.1) is 5.92 Å². The maximum absolute atomic E-state index is 12.4. The molecule has 0 fully saturated rings. The van der Waals surface area contributed by atoms with Gasteiger partial charge in [-0.1, -0.05) is 13.8 Å². The lowest BCUT2D eigenvalue weighted by Crippen LogP contribution is -2.39. The molecule has 1 rings (SSSR count). The van der Waals surface area contributed by atoms with Crippen LogP contribution < -0.4 is 10.2 Å². The van der Waals surface area contributed by atoms with E-state index in [0.29, 0.717) is 18.9 Å². The molecule has 146 valence electrons. The van der Waals surface area contributed by atoms with Crippen LogP contribution in [0.3, 0.4) is 0 Å². The Hall–Kier alpha value is -2.08. The first-order valence-corrected chi connectivity index (χ1v) is 9.04. The minimum absolute atomic E-state index is 0.000252. The lowest BCUT2D eigenvalue weighted by atomic mass is 10.1. The van der Waals surface area contributed by atoms with E-state index in [1.165, 1.54) is 7.11 Å². The first kappa shape index (κ1) is 22.0. The molecule has 0 aliphatic carbocycles. The van der Waals surface area contributed by atoms with E-state index in [4.69, 9.17) is 4.74 Å². The third-order valence-electron chi connectivity index (χ3n) is 3.99. The van der Waals surface area contributed by atoms with E-state index in [1.807, 2.05) is 64.9 Å². The normalized spacial score (nSPS) is 11.0. The second kappa shape index (κ2) is 10.2. The van der Waals surface area contributed by atoms with Gasteiger partial charge in [0.25, 0.3) is 0 Å². The van der Waals surface area contributed by atoms with Gasteiger partial charge in [-0.3, -0.25) is 9.59 Å². The molecule has 6 heteroatoms. The van der Waals surface area contributed by atoms with Gasteiger partial charge in [-0.2, -0.15) is 0 Å². The maximum Gasteiger partial charge on any atom is 0.249 e. The molecule has 0 bridgehead atoms. The molecular weight excluding hydrogens is 330 g/mol. The van der Waals surface area contributed by atoms with Gasteiger partial charge >= 0.3 is 0 Å². The number of nitrogens with one attached hydrogen (secondary N) is 1. The van der Waals surface area contributed by atoms with Gasteiger partial charge in [-0.15, -0.1) is 0 Å². The zero-order chi connectivity index (χ0) is 19.9. The average Bonchev–Trinajstić information content (AvgIpc) is 2.51. The Kier molecular flexibility index (Phi) is 8.58. The zero-order valence-electron chi connectivity index (χ0n) is 17.1. The molecule has 1 aromatic rings. The molecule has 0 unspecified atom stereocenters. The Morgan fingerprint density at radius 1 is 1.15 bits per heavy atom. The van der Waals surface area contributed by atoms with E-state index in [2.05, 4.69) is 5.32 Å². The fourth-order valence-electron chi connectivity index (χ4n) is 2.76. The first-order chi connectivity index (χ1) is 12.1. The molecule has 0 saturated heterocycles. The van der Waals surface area contributed by atoms with Crippen LogP contribution in [0.1, 0.15) is 39.7 Å². The molecule has 0 spiro atoms. The lowest BCUT2D eigenvalue weighted by Gasteiger charge is -2.29.